The van der Waals surface area contributed by atoms with Gasteiger partial charge in [-0.05, 0) is 43.0 Å². The van der Waals surface area contributed by atoms with Gasteiger partial charge in [0, 0.05) is 11.0 Å². The molecule has 28 heavy (non-hydrogen) atoms. The molecule has 3 rings (SSSR count). The molecule has 0 atom stereocenters. The number of hydrogen-bond donors (Lipinski definition) is 0. The summed E-state index contributed by atoms with van der Waals surface area (Å²) in [7, 11) is -3.83. The van der Waals surface area contributed by atoms with E-state index in [0.29, 0.717) is 35.7 Å². The molecule has 10 heteroatoms. The van der Waals surface area contributed by atoms with Gasteiger partial charge in [0.15, 0.2) is 0 Å². The molecule has 0 bridgehead atoms. The molecule has 3 aromatic rings. The third-order valence-corrected chi connectivity index (χ3v) is 7.02. The first-order valence-electron chi connectivity index (χ1n) is 8.74. The summed E-state index contributed by atoms with van der Waals surface area (Å²) in [6.07, 6.45) is 0.642. The zero-order valence-corrected chi connectivity index (χ0v) is 18.7. The van der Waals surface area contributed by atoms with E-state index in [9.17, 15) is 8.42 Å². The second kappa shape index (κ2) is 9.17. The van der Waals surface area contributed by atoms with E-state index >= 15 is 0 Å². The van der Waals surface area contributed by atoms with E-state index in [4.69, 9.17) is 9.15 Å². The van der Waals surface area contributed by atoms with Crippen LogP contribution in [-0.4, -0.2) is 36.1 Å². The number of thiophene rings is 1. The summed E-state index contributed by atoms with van der Waals surface area (Å²) < 4.78 is 39.9. The standard InChI is InChI=1S/C18H20BrN3O4S2/c1-3-9-22(12-17-20-21-18(26-17)15-6-5-10-27-15)28(23,24)16-11-13(19)7-8-14(16)25-4-2/h5-8,10-11H,3-4,9,12H2,1-2H3. The van der Waals surface area contributed by atoms with Crippen LogP contribution in [0.15, 0.2) is 49.5 Å². The highest BCUT2D eigenvalue weighted by molar-refractivity contribution is 9.10. The molecule has 2 heterocycles. The summed E-state index contributed by atoms with van der Waals surface area (Å²) in [5.41, 5.74) is 0. The minimum atomic E-state index is -3.83. The van der Waals surface area contributed by atoms with Crippen LogP contribution in [0.5, 0.6) is 5.75 Å². The van der Waals surface area contributed by atoms with Gasteiger partial charge in [0.05, 0.1) is 18.0 Å². The maximum atomic E-state index is 13.3. The predicted octanol–water partition coefficient (Wildman–Crippen LogP) is 4.56. The van der Waals surface area contributed by atoms with Crippen LogP contribution >= 0.6 is 27.3 Å². The highest BCUT2D eigenvalue weighted by Crippen LogP contribution is 2.31. The van der Waals surface area contributed by atoms with Crippen LogP contribution in [0, 0.1) is 0 Å². The summed E-state index contributed by atoms with van der Waals surface area (Å²) in [6.45, 7) is 4.40. The number of halogens is 1. The number of ether oxygens (including phenoxy) is 1. The first kappa shape index (κ1) is 21.0. The number of rotatable bonds is 9. The van der Waals surface area contributed by atoms with Crippen LogP contribution in [0.25, 0.3) is 10.8 Å². The van der Waals surface area contributed by atoms with Gasteiger partial charge in [-0.2, -0.15) is 4.31 Å². The average molecular weight is 486 g/mol. The van der Waals surface area contributed by atoms with Gasteiger partial charge in [-0.15, -0.1) is 21.5 Å². The average Bonchev–Trinajstić information content (AvgIpc) is 3.34. The van der Waals surface area contributed by atoms with Gasteiger partial charge in [0.2, 0.25) is 15.9 Å². The van der Waals surface area contributed by atoms with Crippen molar-refractivity contribution in [3.05, 3.63) is 46.1 Å². The molecule has 0 fully saturated rings. The number of aromatic nitrogens is 2. The van der Waals surface area contributed by atoms with Crippen molar-refractivity contribution in [3.8, 4) is 16.5 Å². The predicted molar refractivity (Wildman–Crippen MR) is 111 cm³/mol. The lowest BCUT2D eigenvalue weighted by Crippen LogP contribution is -2.32. The van der Waals surface area contributed by atoms with E-state index < -0.39 is 10.0 Å². The fourth-order valence-corrected chi connectivity index (χ4v) is 5.39. The van der Waals surface area contributed by atoms with Gasteiger partial charge < -0.3 is 9.15 Å². The van der Waals surface area contributed by atoms with Crippen molar-refractivity contribution in [3.63, 3.8) is 0 Å². The smallest absolute Gasteiger partial charge is 0.257 e. The second-order valence-electron chi connectivity index (χ2n) is 5.84. The molecular weight excluding hydrogens is 466 g/mol. The molecule has 0 spiro atoms. The maximum absolute atomic E-state index is 13.3. The number of benzene rings is 1. The molecule has 0 aliphatic carbocycles. The van der Waals surface area contributed by atoms with Gasteiger partial charge in [0.1, 0.15) is 10.6 Å². The van der Waals surface area contributed by atoms with Gasteiger partial charge in [-0.25, -0.2) is 8.42 Å². The number of nitrogens with zero attached hydrogens (tertiary/aromatic N) is 3. The van der Waals surface area contributed by atoms with Crippen molar-refractivity contribution in [1.29, 1.82) is 0 Å². The Labute approximate surface area is 176 Å². The summed E-state index contributed by atoms with van der Waals surface area (Å²) in [5.74, 6) is 0.946. The summed E-state index contributed by atoms with van der Waals surface area (Å²) >= 11 is 4.82. The molecule has 0 aliphatic rings. The van der Waals surface area contributed by atoms with Crippen molar-refractivity contribution in [2.24, 2.45) is 0 Å². The zero-order valence-electron chi connectivity index (χ0n) is 15.5. The quantitative estimate of drug-likeness (QED) is 0.441. The van der Waals surface area contributed by atoms with Gasteiger partial charge in [0.25, 0.3) is 5.89 Å². The van der Waals surface area contributed by atoms with Crippen molar-refractivity contribution >= 4 is 37.3 Å². The maximum Gasteiger partial charge on any atom is 0.257 e. The van der Waals surface area contributed by atoms with Crippen LogP contribution in [-0.2, 0) is 16.6 Å². The van der Waals surface area contributed by atoms with E-state index in [1.54, 1.807) is 18.2 Å². The minimum Gasteiger partial charge on any atom is -0.492 e. The molecule has 0 aliphatic heterocycles. The Morgan fingerprint density at radius 2 is 2.07 bits per heavy atom. The Hall–Kier alpha value is -1.75. The van der Waals surface area contributed by atoms with E-state index in [1.165, 1.54) is 15.6 Å². The highest BCUT2D eigenvalue weighted by atomic mass is 79.9. The fraction of sp³-hybridized carbons (Fsp3) is 0.333. The van der Waals surface area contributed by atoms with Crippen molar-refractivity contribution < 1.29 is 17.6 Å². The molecule has 0 saturated heterocycles. The second-order valence-corrected chi connectivity index (χ2v) is 9.61. The van der Waals surface area contributed by atoms with Gasteiger partial charge >= 0.3 is 0 Å². The van der Waals surface area contributed by atoms with Gasteiger partial charge in [-0.1, -0.05) is 28.9 Å². The highest BCUT2D eigenvalue weighted by Gasteiger charge is 2.29. The Kier molecular flexibility index (Phi) is 6.86. The summed E-state index contributed by atoms with van der Waals surface area (Å²) in [4.78, 5) is 0.949. The van der Waals surface area contributed by atoms with Crippen LogP contribution in [0.3, 0.4) is 0 Å². The Morgan fingerprint density at radius 1 is 1.25 bits per heavy atom. The third-order valence-electron chi connectivity index (χ3n) is 3.81. The fourth-order valence-electron chi connectivity index (χ4n) is 2.60. The third kappa shape index (κ3) is 4.62. The van der Waals surface area contributed by atoms with Crippen molar-refractivity contribution in [2.75, 3.05) is 13.2 Å². The Morgan fingerprint density at radius 3 is 2.75 bits per heavy atom. The Bertz CT molecular complexity index is 1020. The lowest BCUT2D eigenvalue weighted by molar-refractivity contribution is 0.325. The molecule has 0 unspecified atom stereocenters. The van der Waals surface area contributed by atoms with Gasteiger partial charge in [-0.3, -0.25) is 0 Å². The molecule has 0 radical (unpaired) electrons. The van der Waals surface area contributed by atoms with Crippen LogP contribution in [0.2, 0.25) is 0 Å². The molecule has 7 nitrogen and oxygen atoms in total. The minimum absolute atomic E-state index is 0.00731. The molecular formula is C18H20BrN3O4S2. The molecule has 0 saturated carbocycles. The van der Waals surface area contributed by atoms with Crippen LogP contribution in [0.1, 0.15) is 26.2 Å². The van der Waals surface area contributed by atoms with Crippen molar-refractivity contribution in [1.82, 2.24) is 14.5 Å². The number of hydrogen-bond acceptors (Lipinski definition) is 7. The first-order valence-corrected chi connectivity index (χ1v) is 11.9. The largest absolute Gasteiger partial charge is 0.492 e. The summed E-state index contributed by atoms with van der Waals surface area (Å²) in [6, 6.07) is 8.71. The molecule has 2 aromatic heterocycles. The van der Waals surface area contributed by atoms with E-state index in [2.05, 4.69) is 26.1 Å². The van der Waals surface area contributed by atoms with Crippen LogP contribution in [0.4, 0.5) is 0 Å². The molecule has 0 amide bonds. The molecule has 150 valence electrons. The van der Waals surface area contributed by atoms with Crippen molar-refractivity contribution in [2.45, 2.75) is 31.7 Å². The van der Waals surface area contributed by atoms with E-state index in [-0.39, 0.29) is 17.3 Å². The van der Waals surface area contributed by atoms with E-state index in [1.807, 2.05) is 31.4 Å². The van der Waals surface area contributed by atoms with E-state index in [0.717, 1.165) is 4.88 Å². The lowest BCUT2D eigenvalue weighted by atomic mass is 10.3. The normalized spacial score (nSPS) is 11.9. The Balaban J connectivity index is 1.92. The zero-order chi connectivity index (χ0) is 20.1. The lowest BCUT2D eigenvalue weighted by Gasteiger charge is -2.21. The SMILES string of the molecule is CCCN(Cc1nnc(-c2cccs2)o1)S(=O)(=O)c1cc(Br)ccc1OCC. The molecule has 1 aromatic carbocycles. The number of sulfonamides is 1. The van der Waals surface area contributed by atoms with Crippen LogP contribution < -0.4 is 4.74 Å². The first-order chi connectivity index (χ1) is 13.5. The topological polar surface area (TPSA) is 85.5 Å². The molecule has 0 N–H and O–H groups in total. The monoisotopic (exact) mass is 485 g/mol. The summed E-state index contributed by atoms with van der Waals surface area (Å²) in [5, 5.41) is 9.96.